The monoisotopic (exact) mass is 398 g/mol. The van der Waals surface area contributed by atoms with E-state index in [1.807, 2.05) is 25.1 Å². The summed E-state index contributed by atoms with van der Waals surface area (Å²) in [5.41, 5.74) is 0.257. The summed E-state index contributed by atoms with van der Waals surface area (Å²) in [5.74, 6) is 0.730. The molecule has 1 aliphatic rings. The van der Waals surface area contributed by atoms with Gasteiger partial charge in [0.1, 0.15) is 5.75 Å². The van der Waals surface area contributed by atoms with E-state index in [0.29, 0.717) is 44.0 Å². The van der Waals surface area contributed by atoms with Crippen LogP contribution in [0.2, 0.25) is 0 Å². The molecular weight excluding hydrogens is 372 g/mol. The van der Waals surface area contributed by atoms with Gasteiger partial charge in [-0.2, -0.15) is 0 Å². The highest BCUT2D eigenvalue weighted by atomic mass is 16.5. The Kier molecular flexibility index (Phi) is 6.94. The Morgan fingerprint density at radius 3 is 2.31 bits per heavy atom. The molecule has 7 heteroatoms. The van der Waals surface area contributed by atoms with Crippen LogP contribution in [0.1, 0.15) is 30.1 Å². The number of phenolic OH excluding ortho intramolecular Hbond substituents is 1. The summed E-state index contributed by atoms with van der Waals surface area (Å²) in [7, 11) is 0. The van der Waals surface area contributed by atoms with Gasteiger partial charge < -0.3 is 24.8 Å². The van der Waals surface area contributed by atoms with Gasteiger partial charge in [-0.05, 0) is 44.0 Å². The number of nitrogens with zero attached hydrogens (tertiary/aromatic N) is 1. The van der Waals surface area contributed by atoms with E-state index in [9.17, 15) is 14.7 Å². The Morgan fingerprint density at radius 2 is 1.66 bits per heavy atom. The molecule has 154 valence electrons. The van der Waals surface area contributed by atoms with Crippen LogP contribution in [0.25, 0.3) is 0 Å². The van der Waals surface area contributed by atoms with E-state index in [4.69, 9.17) is 9.47 Å². The molecule has 0 aromatic heterocycles. The summed E-state index contributed by atoms with van der Waals surface area (Å²) < 4.78 is 11.2. The van der Waals surface area contributed by atoms with Gasteiger partial charge in [-0.15, -0.1) is 0 Å². The van der Waals surface area contributed by atoms with Crippen molar-refractivity contribution in [3.8, 4) is 17.2 Å². The van der Waals surface area contributed by atoms with Crippen LogP contribution >= 0.6 is 0 Å². The van der Waals surface area contributed by atoms with Crippen molar-refractivity contribution in [1.82, 2.24) is 10.2 Å². The molecular formula is C22H26N2O5. The van der Waals surface area contributed by atoms with E-state index >= 15 is 0 Å². The zero-order valence-corrected chi connectivity index (χ0v) is 16.5. The molecule has 3 rings (SSSR count). The van der Waals surface area contributed by atoms with Crippen molar-refractivity contribution in [2.45, 2.75) is 25.8 Å². The minimum atomic E-state index is -0.302. The van der Waals surface area contributed by atoms with Crippen LogP contribution in [-0.4, -0.2) is 54.2 Å². The van der Waals surface area contributed by atoms with Crippen molar-refractivity contribution in [3.05, 3.63) is 54.1 Å². The number of rotatable bonds is 7. The number of ether oxygens (including phenoxy) is 2. The maximum Gasteiger partial charge on any atom is 0.260 e. The molecule has 0 aliphatic carbocycles. The van der Waals surface area contributed by atoms with Gasteiger partial charge in [-0.25, -0.2) is 0 Å². The molecule has 0 atom stereocenters. The van der Waals surface area contributed by atoms with Crippen molar-refractivity contribution in [1.29, 1.82) is 0 Å². The number of piperidine rings is 1. The molecule has 0 bridgehead atoms. The number of carbonyl (C=O) groups is 2. The predicted octanol–water partition coefficient (Wildman–Crippen LogP) is 2.59. The number of likely N-dealkylation sites (tertiary alicyclic amines) is 1. The van der Waals surface area contributed by atoms with Gasteiger partial charge in [-0.1, -0.05) is 24.3 Å². The molecule has 0 spiro atoms. The fourth-order valence-corrected chi connectivity index (χ4v) is 3.28. The molecule has 2 amide bonds. The van der Waals surface area contributed by atoms with Crippen molar-refractivity contribution >= 4 is 11.8 Å². The second-order valence-electron chi connectivity index (χ2n) is 6.81. The average molecular weight is 398 g/mol. The Bertz CT molecular complexity index is 847. The van der Waals surface area contributed by atoms with Gasteiger partial charge in [0.15, 0.2) is 18.1 Å². The molecule has 0 unspecified atom stereocenters. The second kappa shape index (κ2) is 9.82. The van der Waals surface area contributed by atoms with E-state index in [2.05, 4.69) is 5.32 Å². The Balaban J connectivity index is 1.46. The standard InChI is InChI=1S/C22H26N2O5/c1-2-28-19-9-5-6-10-20(19)29-15-21(26)24-13-11-16(12-14-24)23-22(27)17-7-3-4-8-18(17)25/h3-10,16,25H,2,11-15H2,1H3,(H,23,27). The predicted molar refractivity (Wildman–Crippen MR) is 108 cm³/mol. The SMILES string of the molecule is CCOc1ccccc1OCC(=O)N1CCC(NC(=O)c2ccccc2O)CC1. The lowest BCUT2D eigenvalue weighted by molar-refractivity contribution is -0.134. The number of aromatic hydroxyl groups is 1. The number of para-hydroxylation sites is 3. The van der Waals surface area contributed by atoms with Crippen LogP contribution in [0, 0.1) is 0 Å². The smallest absolute Gasteiger partial charge is 0.260 e. The Hall–Kier alpha value is -3.22. The average Bonchev–Trinajstić information content (AvgIpc) is 2.74. The quantitative estimate of drug-likeness (QED) is 0.749. The molecule has 2 N–H and O–H groups in total. The maximum absolute atomic E-state index is 12.5. The third-order valence-corrected chi connectivity index (χ3v) is 4.83. The first-order valence-corrected chi connectivity index (χ1v) is 9.79. The van der Waals surface area contributed by atoms with Gasteiger partial charge in [-0.3, -0.25) is 9.59 Å². The largest absolute Gasteiger partial charge is 0.507 e. The van der Waals surface area contributed by atoms with E-state index in [1.165, 1.54) is 6.07 Å². The minimum Gasteiger partial charge on any atom is -0.507 e. The van der Waals surface area contributed by atoms with Crippen molar-refractivity contribution in [2.75, 3.05) is 26.3 Å². The van der Waals surface area contributed by atoms with E-state index in [1.54, 1.807) is 29.2 Å². The van der Waals surface area contributed by atoms with Crippen LogP contribution in [0.15, 0.2) is 48.5 Å². The van der Waals surface area contributed by atoms with E-state index in [0.717, 1.165) is 0 Å². The lowest BCUT2D eigenvalue weighted by atomic mass is 10.0. The summed E-state index contributed by atoms with van der Waals surface area (Å²) in [4.78, 5) is 26.5. The number of amides is 2. The van der Waals surface area contributed by atoms with Gasteiger partial charge in [0, 0.05) is 19.1 Å². The van der Waals surface area contributed by atoms with Crippen molar-refractivity contribution in [3.63, 3.8) is 0 Å². The first-order valence-electron chi connectivity index (χ1n) is 9.79. The van der Waals surface area contributed by atoms with E-state index < -0.39 is 0 Å². The van der Waals surface area contributed by atoms with Crippen LogP contribution in [-0.2, 0) is 4.79 Å². The van der Waals surface area contributed by atoms with Crippen LogP contribution in [0.4, 0.5) is 0 Å². The summed E-state index contributed by atoms with van der Waals surface area (Å²) in [6, 6.07) is 13.7. The molecule has 2 aromatic rings. The first kappa shape index (κ1) is 20.5. The number of hydrogen-bond acceptors (Lipinski definition) is 5. The molecule has 1 heterocycles. The molecule has 7 nitrogen and oxygen atoms in total. The molecule has 0 radical (unpaired) electrons. The van der Waals surface area contributed by atoms with Crippen molar-refractivity contribution < 1.29 is 24.2 Å². The summed E-state index contributed by atoms with van der Waals surface area (Å²) >= 11 is 0. The number of hydrogen-bond donors (Lipinski definition) is 2. The highest BCUT2D eigenvalue weighted by molar-refractivity contribution is 5.96. The number of nitrogens with one attached hydrogen (secondary N) is 1. The molecule has 0 saturated carbocycles. The topological polar surface area (TPSA) is 88.1 Å². The van der Waals surface area contributed by atoms with Gasteiger partial charge >= 0.3 is 0 Å². The molecule has 1 aliphatic heterocycles. The number of phenols is 1. The van der Waals surface area contributed by atoms with Crippen LogP contribution in [0.5, 0.6) is 17.2 Å². The summed E-state index contributed by atoms with van der Waals surface area (Å²) in [6.07, 6.45) is 1.31. The highest BCUT2D eigenvalue weighted by Gasteiger charge is 2.25. The fraction of sp³-hybridized carbons (Fsp3) is 0.364. The zero-order chi connectivity index (χ0) is 20.6. The molecule has 1 fully saturated rings. The van der Waals surface area contributed by atoms with E-state index in [-0.39, 0.29) is 35.8 Å². The highest BCUT2D eigenvalue weighted by Crippen LogP contribution is 2.26. The zero-order valence-electron chi connectivity index (χ0n) is 16.5. The lowest BCUT2D eigenvalue weighted by Crippen LogP contribution is -2.47. The van der Waals surface area contributed by atoms with Gasteiger partial charge in [0.05, 0.1) is 12.2 Å². The Morgan fingerprint density at radius 1 is 1.03 bits per heavy atom. The fourth-order valence-electron chi connectivity index (χ4n) is 3.28. The van der Waals surface area contributed by atoms with Gasteiger partial charge in [0.25, 0.3) is 11.8 Å². The Labute approximate surface area is 170 Å². The molecule has 29 heavy (non-hydrogen) atoms. The summed E-state index contributed by atoms with van der Waals surface area (Å²) in [5, 5.41) is 12.7. The van der Waals surface area contributed by atoms with Crippen LogP contribution < -0.4 is 14.8 Å². The minimum absolute atomic E-state index is 0.0363. The third kappa shape index (κ3) is 5.40. The third-order valence-electron chi connectivity index (χ3n) is 4.83. The van der Waals surface area contributed by atoms with Crippen molar-refractivity contribution in [2.24, 2.45) is 0 Å². The summed E-state index contributed by atoms with van der Waals surface area (Å²) in [6.45, 7) is 3.44. The molecule has 2 aromatic carbocycles. The van der Waals surface area contributed by atoms with Gasteiger partial charge in [0.2, 0.25) is 0 Å². The first-order chi connectivity index (χ1) is 14.1. The molecule has 1 saturated heterocycles. The number of benzene rings is 2. The maximum atomic E-state index is 12.5. The normalized spacial score (nSPS) is 14.3. The number of carbonyl (C=O) groups excluding carboxylic acids is 2. The second-order valence-corrected chi connectivity index (χ2v) is 6.81. The van der Waals surface area contributed by atoms with Crippen LogP contribution in [0.3, 0.4) is 0 Å². The lowest BCUT2D eigenvalue weighted by Gasteiger charge is -2.32.